The third-order valence-electron chi connectivity index (χ3n) is 8.20. The predicted molar refractivity (Wildman–Crippen MR) is 154 cm³/mol. The lowest BCUT2D eigenvalue weighted by Gasteiger charge is -2.30. The smallest absolute Gasteiger partial charge is 0.308 e. The molecule has 0 spiro atoms. The van der Waals surface area contributed by atoms with Gasteiger partial charge in [-0.15, -0.1) is 0 Å². The summed E-state index contributed by atoms with van der Waals surface area (Å²) in [5.41, 5.74) is 8.90. The topological polar surface area (TPSA) is 108 Å². The Morgan fingerprint density at radius 1 is 1.21 bits per heavy atom. The molecule has 1 saturated heterocycles. The SMILES string of the molecule is CCCCN(CCCCN)C(=O)CN1C[C@H](c2ccc3c(c2)CCO3)[C@@H](C(=O)O)[C@@H]1CCC1=NC=CC=CC1. The molecule has 3 heterocycles. The lowest BCUT2D eigenvalue weighted by molar-refractivity contribution is -0.143. The quantitative estimate of drug-likeness (QED) is 0.346. The Kier molecular flexibility index (Phi) is 10.7. The molecule has 0 saturated carbocycles. The first-order valence-electron chi connectivity index (χ1n) is 14.6. The molecule has 1 aromatic rings. The van der Waals surface area contributed by atoms with Crippen LogP contribution in [0, 0.1) is 5.92 Å². The van der Waals surface area contributed by atoms with Gasteiger partial charge in [-0.3, -0.25) is 19.5 Å². The summed E-state index contributed by atoms with van der Waals surface area (Å²) in [5.74, 6) is -0.621. The van der Waals surface area contributed by atoms with Gasteiger partial charge in [-0.25, -0.2) is 0 Å². The molecule has 4 rings (SSSR count). The number of hydrogen-bond acceptors (Lipinski definition) is 6. The van der Waals surface area contributed by atoms with Crippen LogP contribution in [0.5, 0.6) is 5.75 Å². The molecule has 39 heavy (non-hydrogen) atoms. The number of likely N-dealkylation sites (tertiary alicyclic amines) is 1. The van der Waals surface area contributed by atoms with Crippen molar-refractivity contribution in [1.29, 1.82) is 0 Å². The van der Waals surface area contributed by atoms with Crippen molar-refractivity contribution in [1.82, 2.24) is 9.80 Å². The average molecular weight is 537 g/mol. The Bertz CT molecular complexity index is 1080. The molecule has 3 aliphatic heterocycles. The van der Waals surface area contributed by atoms with E-state index in [-0.39, 0.29) is 24.4 Å². The summed E-state index contributed by atoms with van der Waals surface area (Å²) in [7, 11) is 0. The van der Waals surface area contributed by atoms with Gasteiger partial charge >= 0.3 is 5.97 Å². The number of aliphatic carboxylic acids is 1. The third kappa shape index (κ3) is 7.57. The first-order valence-corrected chi connectivity index (χ1v) is 14.6. The van der Waals surface area contributed by atoms with Crippen molar-refractivity contribution in [3.8, 4) is 5.75 Å². The summed E-state index contributed by atoms with van der Waals surface area (Å²) in [5, 5.41) is 10.5. The summed E-state index contributed by atoms with van der Waals surface area (Å²) >= 11 is 0. The van der Waals surface area contributed by atoms with E-state index in [1.165, 1.54) is 0 Å². The Hall–Kier alpha value is -2.97. The minimum Gasteiger partial charge on any atom is -0.493 e. The summed E-state index contributed by atoms with van der Waals surface area (Å²) in [4.78, 5) is 35.1. The first kappa shape index (κ1) is 29.0. The summed E-state index contributed by atoms with van der Waals surface area (Å²) in [6, 6.07) is 5.86. The molecule has 3 N–H and O–H groups in total. The van der Waals surface area contributed by atoms with Gasteiger partial charge in [-0.2, -0.15) is 0 Å². The van der Waals surface area contributed by atoms with Crippen LogP contribution in [0.15, 0.2) is 47.6 Å². The highest BCUT2D eigenvalue weighted by atomic mass is 16.5. The van der Waals surface area contributed by atoms with Crippen LogP contribution in [-0.2, 0) is 16.0 Å². The number of nitrogens with two attached hydrogens (primary N) is 1. The number of allylic oxidation sites excluding steroid dienone is 3. The number of benzene rings is 1. The Morgan fingerprint density at radius 2 is 2.05 bits per heavy atom. The van der Waals surface area contributed by atoms with Crippen LogP contribution < -0.4 is 10.5 Å². The highest BCUT2D eigenvalue weighted by Crippen LogP contribution is 2.41. The summed E-state index contributed by atoms with van der Waals surface area (Å²) in [6.07, 6.45) is 14.5. The number of fused-ring (bicyclic) bond motifs is 1. The lowest BCUT2D eigenvalue weighted by Crippen LogP contribution is -2.45. The fourth-order valence-corrected chi connectivity index (χ4v) is 6.07. The van der Waals surface area contributed by atoms with Gasteiger partial charge in [0.2, 0.25) is 5.91 Å². The number of nitrogens with zero attached hydrogens (tertiary/aromatic N) is 3. The third-order valence-corrected chi connectivity index (χ3v) is 8.20. The van der Waals surface area contributed by atoms with Gasteiger partial charge in [0.15, 0.2) is 0 Å². The van der Waals surface area contributed by atoms with Crippen molar-refractivity contribution in [2.45, 2.75) is 70.3 Å². The number of hydrogen-bond donors (Lipinski definition) is 2. The van der Waals surface area contributed by atoms with E-state index in [2.05, 4.69) is 29.0 Å². The van der Waals surface area contributed by atoms with Gasteiger partial charge in [-0.1, -0.05) is 37.6 Å². The summed E-state index contributed by atoms with van der Waals surface area (Å²) in [6.45, 7) is 5.61. The number of carboxylic acid groups (broad SMARTS) is 1. The van der Waals surface area contributed by atoms with E-state index in [0.29, 0.717) is 39.1 Å². The lowest BCUT2D eigenvalue weighted by atomic mass is 9.83. The molecule has 0 bridgehead atoms. The second-order valence-corrected chi connectivity index (χ2v) is 10.9. The van der Waals surface area contributed by atoms with Gasteiger partial charge < -0.3 is 20.5 Å². The molecule has 0 radical (unpaired) electrons. The molecule has 0 aromatic heterocycles. The zero-order chi connectivity index (χ0) is 27.6. The number of ether oxygens (including phenoxy) is 1. The van der Waals surface area contributed by atoms with Crippen molar-refractivity contribution in [2.75, 3.05) is 39.3 Å². The minimum atomic E-state index is -0.801. The highest BCUT2D eigenvalue weighted by Gasteiger charge is 2.47. The van der Waals surface area contributed by atoms with Crippen molar-refractivity contribution < 1.29 is 19.4 Å². The number of rotatable bonds is 14. The van der Waals surface area contributed by atoms with Crippen LogP contribution in [0.2, 0.25) is 0 Å². The molecular formula is C31H44N4O4. The van der Waals surface area contributed by atoms with Gasteiger partial charge in [-0.05, 0) is 61.9 Å². The molecule has 0 unspecified atom stereocenters. The van der Waals surface area contributed by atoms with E-state index < -0.39 is 11.9 Å². The Labute approximate surface area is 232 Å². The molecule has 212 valence electrons. The fourth-order valence-electron chi connectivity index (χ4n) is 6.07. The standard InChI is InChI=1S/C31H44N4O4/c1-2-3-17-34(18-8-6-15-32)29(36)22-35-21-26(23-10-13-28-24(20-23)14-19-39-28)30(31(37)38)27(35)12-11-25-9-5-4-7-16-33-25/h4-5,7,10,13,16,20,26-27,30H,2-3,6,8-9,11-12,14-15,17-19,21-22,32H2,1H3,(H,37,38)/t26-,27+,30-/m1/s1. The van der Waals surface area contributed by atoms with Crippen LogP contribution in [0.1, 0.15) is 68.9 Å². The number of carbonyl (C=O) groups excluding carboxylic acids is 1. The summed E-state index contributed by atoms with van der Waals surface area (Å²) < 4.78 is 5.69. The number of unbranched alkanes of at least 4 members (excludes halogenated alkanes) is 2. The van der Waals surface area contributed by atoms with Gasteiger partial charge in [0.05, 0.1) is 19.1 Å². The van der Waals surface area contributed by atoms with E-state index in [0.717, 1.165) is 67.7 Å². The van der Waals surface area contributed by atoms with Crippen LogP contribution >= 0.6 is 0 Å². The van der Waals surface area contributed by atoms with E-state index in [4.69, 9.17) is 10.5 Å². The predicted octanol–water partition coefficient (Wildman–Crippen LogP) is 4.15. The zero-order valence-corrected chi connectivity index (χ0v) is 23.3. The molecule has 1 amide bonds. The van der Waals surface area contributed by atoms with Crippen molar-refractivity contribution in [2.24, 2.45) is 16.6 Å². The maximum atomic E-state index is 13.6. The van der Waals surface area contributed by atoms with Crippen LogP contribution in [0.4, 0.5) is 0 Å². The van der Waals surface area contributed by atoms with Crippen LogP contribution in [0.3, 0.4) is 0 Å². The molecule has 8 nitrogen and oxygen atoms in total. The first-order chi connectivity index (χ1) is 19.0. The Morgan fingerprint density at radius 3 is 2.85 bits per heavy atom. The normalized spacial score (nSPS) is 22.3. The van der Waals surface area contributed by atoms with E-state index in [1.807, 2.05) is 29.2 Å². The highest BCUT2D eigenvalue weighted by molar-refractivity contribution is 5.87. The molecule has 3 aliphatic rings. The molecule has 3 atom stereocenters. The molecule has 8 heteroatoms. The van der Waals surface area contributed by atoms with Crippen molar-refractivity contribution in [3.63, 3.8) is 0 Å². The minimum absolute atomic E-state index is 0.0790. The van der Waals surface area contributed by atoms with Gasteiger partial charge in [0.25, 0.3) is 0 Å². The van der Waals surface area contributed by atoms with Gasteiger partial charge in [0, 0.05) is 56.3 Å². The van der Waals surface area contributed by atoms with Crippen molar-refractivity contribution >= 4 is 17.6 Å². The molecule has 0 aliphatic carbocycles. The van der Waals surface area contributed by atoms with E-state index in [1.54, 1.807) is 6.20 Å². The zero-order valence-electron chi connectivity index (χ0n) is 23.3. The molecule has 1 fully saturated rings. The molecular weight excluding hydrogens is 492 g/mol. The number of aliphatic imine (C=N–C) groups is 1. The number of amides is 1. The monoisotopic (exact) mass is 536 g/mol. The largest absolute Gasteiger partial charge is 0.493 e. The van der Waals surface area contributed by atoms with E-state index >= 15 is 0 Å². The second kappa shape index (κ2) is 14.4. The maximum absolute atomic E-state index is 13.6. The maximum Gasteiger partial charge on any atom is 0.308 e. The number of carbonyl (C=O) groups is 2. The van der Waals surface area contributed by atoms with E-state index in [9.17, 15) is 14.7 Å². The number of carboxylic acids is 1. The second-order valence-electron chi connectivity index (χ2n) is 10.9. The van der Waals surface area contributed by atoms with Crippen LogP contribution in [-0.4, -0.2) is 77.9 Å². The van der Waals surface area contributed by atoms with Crippen LogP contribution in [0.25, 0.3) is 0 Å². The van der Waals surface area contributed by atoms with Crippen molar-refractivity contribution in [3.05, 3.63) is 53.8 Å². The Balaban J connectivity index is 1.57. The fraction of sp³-hybridized carbons (Fsp3) is 0.581. The van der Waals surface area contributed by atoms with Gasteiger partial charge in [0.1, 0.15) is 5.75 Å². The molecule has 1 aromatic carbocycles. The average Bonchev–Trinajstić information content (AvgIpc) is 3.45.